The molecular weight excluding hydrogens is 230 g/mol. The first-order chi connectivity index (χ1) is 8.66. The van der Waals surface area contributed by atoms with E-state index in [2.05, 4.69) is 10.4 Å². The van der Waals surface area contributed by atoms with Crippen LogP contribution < -0.4 is 10.2 Å². The van der Waals surface area contributed by atoms with Gasteiger partial charge >= 0.3 is 0 Å². The lowest BCUT2D eigenvalue weighted by Crippen LogP contribution is -2.36. The lowest BCUT2D eigenvalue weighted by molar-refractivity contribution is 0.0166. The van der Waals surface area contributed by atoms with E-state index in [-0.39, 0.29) is 6.61 Å². The number of nitrogens with zero attached hydrogens (tertiary/aromatic N) is 2. The highest BCUT2D eigenvalue weighted by atomic mass is 16.7. The molecule has 0 spiro atoms. The second-order valence-electron chi connectivity index (χ2n) is 4.59. The Balaban J connectivity index is 1.90. The molecule has 98 valence electrons. The minimum atomic E-state index is -0.546. The zero-order valence-electron chi connectivity index (χ0n) is 10.7. The van der Waals surface area contributed by atoms with Gasteiger partial charge in [0.1, 0.15) is 18.2 Å². The normalized spacial score (nSPS) is 13.1. The van der Waals surface area contributed by atoms with E-state index >= 15 is 0 Å². The average molecular weight is 249 g/mol. The van der Waals surface area contributed by atoms with Crippen LogP contribution in [0.4, 0.5) is 0 Å². The van der Waals surface area contributed by atoms with Crippen LogP contribution in [0.25, 0.3) is 10.9 Å². The van der Waals surface area contributed by atoms with E-state index in [0.717, 1.165) is 10.9 Å². The lowest BCUT2D eigenvalue weighted by Gasteiger charge is -2.14. The number of para-hydroxylation sites is 1. The third-order valence-corrected chi connectivity index (χ3v) is 2.60. The van der Waals surface area contributed by atoms with Crippen molar-refractivity contribution >= 4 is 10.9 Å². The molecule has 5 nitrogen and oxygen atoms in total. The Hall–Kier alpha value is -1.59. The summed E-state index contributed by atoms with van der Waals surface area (Å²) in [6.45, 7) is 4.80. The van der Waals surface area contributed by atoms with Gasteiger partial charge in [-0.25, -0.2) is 0 Å². The molecule has 2 N–H and O–H groups in total. The predicted molar refractivity (Wildman–Crippen MR) is 70.3 cm³/mol. The first-order valence-electron chi connectivity index (χ1n) is 6.14. The second-order valence-corrected chi connectivity index (χ2v) is 4.59. The Morgan fingerprint density at radius 1 is 1.39 bits per heavy atom. The molecule has 0 saturated heterocycles. The number of nitrogens with one attached hydrogen (secondary N) is 1. The molecule has 0 aliphatic rings. The SMILES string of the molecule is CC(C)NCC(O)COn1ncc2ccccc21. The van der Waals surface area contributed by atoms with Crippen molar-refractivity contribution in [2.75, 3.05) is 13.2 Å². The largest absolute Gasteiger partial charge is 0.393 e. The van der Waals surface area contributed by atoms with Crippen LogP contribution in [0.1, 0.15) is 13.8 Å². The molecule has 1 aromatic carbocycles. The summed E-state index contributed by atoms with van der Waals surface area (Å²) in [5.74, 6) is 0. The van der Waals surface area contributed by atoms with Crippen LogP contribution in [0.5, 0.6) is 0 Å². The van der Waals surface area contributed by atoms with Crippen LogP contribution in [0.15, 0.2) is 30.5 Å². The third kappa shape index (κ3) is 3.21. The Morgan fingerprint density at radius 3 is 2.94 bits per heavy atom. The molecule has 0 fully saturated rings. The molecule has 0 bridgehead atoms. The summed E-state index contributed by atoms with van der Waals surface area (Å²) in [5, 5.41) is 18.0. The molecule has 1 aromatic heterocycles. The molecule has 0 amide bonds. The van der Waals surface area contributed by atoms with E-state index in [9.17, 15) is 5.11 Å². The third-order valence-electron chi connectivity index (χ3n) is 2.60. The molecule has 0 radical (unpaired) electrons. The van der Waals surface area contributed by atoms with Crippen LogP contribution >= 0.6 is 0 Å². The highest BCUT2D eigenvalue weighted by Gasteiger charge is 2.08. The lowest BCUT2D eigenvalue weighted by atomic mass is 10.3. The maximum Gasteiger partial charge on any atom is 0.144 e. The van der Waals surface area contributed by atoms with E-state index in [4.69, 9.17) is 4.84 Å². The van der Waals surface area contributed by atoms with E-state index in [0.29, 0.717) is 12.6 Å². The molecule has 5 heteroatoms. The Bertz CT molecular complexity index is 496. The van der Waals surface area contributed by atoms with Crippen molar-refractivity contribution < 1.29 is 9.94 Å². The average Bonchev–Trinajstić information content (AvgIpc) is 2.77. The summed E-state index contributed by atoms with van der Waals surface area (Å²) in [7, 11) is 0. The maximum absolute atomic E-state index is 9.74. The van der Waals surface area contributed by atoms with Crippen molar-refractivity contribution in [3.8, 4) is 0 Å². The fourth-order valence-corrected chi connectivity index (χ4v) is 1.64. The summed E-state index contributed by atoms with van der Waals surface area (Å²) in [5.41, 5.74) is 0.904. The molecule has 2 rings (SSSR count). The van der Waals surface area contributed by atoms with Crippen molar-refractivity contribution in [3.05, 3.63) is 30.5 Å². The zero-order chi connectivity index (χ0) is 13.0. The van der Waals surface area contributed by atoms with Gasteiger partial charge in [0, 0.05) is 18.0 Å². The van der Waals surface area contributed by atoms with E-state index < -0.39 is 6.10 Å². The number of aliphatic hydroxyl groups is 1. The number of aromatic nitrogens is 2. The van der Waals surface area contributed by atoms with Gasteiger partial charge in [-0.15, -0.1) is 5.10 Å². The molecule has 0 aliphatic heterocycles. The first-order valence-corrected chi connectivity index (χ1v) is 6.14. The topological polar surface area (TPSA) is 59.3 Å². The summed E-state index contributed by atoms with van der Waals surface area (Å²) in [6.07, 6.45) is 1.20. The number of fused-ring (bicyclic) bond motifs is 1. The molecule has 1 atom stereocenters. The van der Waals surface area contributed by atoms with Gasteiger partial charge in [-0.1, -0.05) is 36.9 Å². The van der Waals surface area contributed by atoms with E-state index in [1.54, 1.807) is 6.20 Å². The molecule has 18 heavy (non-hydrogen) atoms. The van der Waals surface area contributed by atoms with Crippen molar-refractivity contribution in [3.63, 3.8) is 0 Å². The summed E-state index contributed by atoms with van der Waals surface area (Å²) < 4.78 is 0. The van der Waals surface area contributed by atoms with Gasteiger partial charge < -0.3 is 15.3 Å². The van der Waals surface area contributed by atoms with Crippen molar-refractivity contribution in [2.45, 2.75) is 26.0 Å². The highest BCUT2D eigenvalue weighted by molar-refractivity contribution is 5.77. The van der Waals surface area contributed by atoms with Crippen molar-refractivity contribution in [1.82, 2.24) is 15.3 Å². The first kappa shape index (κ1) is 12.9. The van der Waals surface area contributed by atoms with Gasteiger partial charge in [0.2, 0.25) is 0 Å². The summed E-state index contributed by atoms with van der Waals surface area (Å²) in [6, 6.07) is 8.14. The number of hydrogen-bond acceptors (Lipinski definition) is 4. The van der Waals surface area contributed by atoms with Crippen LogP contribution in [-0.2, 0) is 0 Å². The standard InChI is InChI=1S/C13H19N3O2/c1-10(2)14-8-12(17)9-18-16-13-6-4-3-5-11(13)7-15-16/h3-7,10,12,14,17H,8-9H2,1-2H3. The molecule has 1 unspecified atom stereocenters. The molecule has 0 aliphatic carbocycles. The number of benzene rings is 1. The van der Waals surface area contributed by atoms with Crippen LogP contribution in [0, 0.1) is 0 Å². The number of hydrogen-bond donors (Lipinski definition) is 2. The highest BCUT2D eigenvalue weighted by Crippen LogP contribution is 2.10. The van der Waals surface area contributed by atoms with Gasteiger partial charge in [0.25, 0.3) is 0 Å². The number of aliphatic hydroxyl groups excluding tert-OH is 1. The van der Waals surface area contributed by atoms with Gasteiger partial charge in [-0.2, -0.15) is 0 Å². The number of rotatable bonds is 6. The molecule has 2 aromatic rings. The summed E-state index contributed by atoms with van der Waals surface area (Å²) in [4.78, 5) is 6.92. The second kappa shape index (κ2) is 5.84. The molecule has 1 heterocycles. The monoisotopic (exact) mass is 249 g/mol. The van der Waals surface area contributed by atoms with Crippen molar-refractivity contribution in [2.24, 2.45) is 0 Å². The van der Waals surface area contributed by atoms with E-state index in [1.807, 2.05) is 38.1 Å². The van der Waals surface area contributed by atoms with Crippen LogP contribution in [0.3, 0.4) is 0 Å². The fraction of sp³-hybridized carbons (Fsp3) is 0.462. The van der Waals surface area contributed by atoms with Crippen LogP contribution in [0.2, 0.25) is 0 Å². The summed E-state index contributed by atoms with van der Waals surface area (Å²) >= 11 is 0. The Kier molecular flexibility index (Phi) is 4.17. The molecule has 0 saturated carbocycles. The van der Waals surface area contributed by atoms with Gasteiger partial charge in [0.15, 0.2) is 0 Å². The maximum atomic E-state index is 9.74. The quantitative estimate of drug-likeness (QED) is 0.796. The van der Waals surface area contributed by atoms with Crippen LogP contribution in [-0.4, -0.2) is 40.3 Å². The fourth-order valence-electron chi connectivity index (χ4n) is 1.64. The zero-order valence-corrected chi connectivity index (χ0v) is 10.7. The van der Waals surface area contributed by atoms with E-state index in [1.165, 1.54) is 4.85 Å². The van der Waals surface area contributed by atoms with Crippen molar-refractivity contribution in [1.29, 1.82) is 0 Å². The minimum absolute atomic E-state index is 0.214. The van der Waals surface area contributed by atoms with Gasteiger partial charge in [-0.3, -0.25) is 0 Å². The Morgan fingerprint density at radius 2 is 2.17 bits per heavy atom. The molecular formula is C13H19N3O2. The smallest absolute Gasteiger partial charge is 0.144 e. The van der Waals surface area contributed by atoms with Gasteiger partial charge in [-0.05, 0) is 6.07 Å². The van der Waals surface area contributed by atoms with Gasteiger partial charge in [0.05, 0.1) is 6.20 Å². The Labute approximate surface area is 106 Å². The minimum Gasteiger partial charge on any atom is -0.393 e. The predicted octanol–water partition coefficient (Wildman–Crippen LogP) is 0.824.